The van der Waals surface area contributed by atoms with Crippen molar-refractivity contribution in [1.29, 1.82) is 0 Å². The lowest BCUT2D eigenvalue weighted by Gasteiger charge is -2.06. The van der Waals surface area contributed by atoms with Crippen molar-refractivity contribution in [2.24, 2.45) is 0 Å². The molecule has 5 aromatic rings. The second-order valence-electron chi connectivity index (χ2n) is 7.65. The van der Waals surface area contributed by atoms with Gasteiger partial charge in [-0.3, -0.25) is 4.79 Å². The number of aryl methyl sites for hydroxylation is 2. The fourth-order valence-corrected chi connectivity index (χ4v) is 3.93. The lowest BCUT2D eigenvalue weighted by molar-refractivity contribution is 0.103. The SMILES string of the molecule is O=C(c1ccccc1)c1ccc2ccc(CCCc3nc4ccccc4[nH]3)cc2c1. The minimum Gasteiger partial charge on any atom is -0.342 e. The normalized spacial score (nSPS) is 11.2. The van der Waals surface area contributed by atoms with Gasteiger partial charge in [-0.2, -0.15) is 0 Å². The van der Waals surface area contributed by atoms with E-state index in [0.29, 0.717) is 0 Å². The van der Waals surface area contributed by atoms with Gasteiger partial charge in [-0.1, -0.05) is 72.8 Å². The summed E-state index contributed by atoms with van der Waals surface area (Å²) in [6.07, 6.45) is 2.91. The van der Waals surface area contributed by atoms with Crippen LogP contribution in [0.1, 0.15) is 33.7 Å². The van der Waals surface area contributed by atoms with E-state index in [1.54, 1.807) is 0 Å². The molecule has 4 aromatic carbocycles. The number of aromatic amines is 1. The van der Waals surface area contributed by atoms with Crippen LogP contribution in [0.15, 0.2) is 91.0 Å². The summed E-state index contributed by atoms with van der Waals surface area (Å²) >= 11 is 0. The number of imidazole rings is 1. The number of nitrogens with one attached hydrogen (secondary N) is 1. The number of hydrogen-bond donors (Lipinski definition) is 1. The largest absolute Gasteiger partial charge is 0.342 e. The molecule has 1 heterocycles. The first-order chi connectivity index (χ1) is 14.8. The van der Waals surface area contributed by atoms with Crippen LogP contribution in [0, 0.1) is 0 Å². The molecule has 0 bridgehead atoms. The Kier molecular flexibility index (Phi) is 4.86. The number of aromatic nitrogens is 2. The van der Waals surface area contributed by atoms with E-state index in [0.717, 1.165) is 58.0 Å². The minimum absolute atomic E-state index is 0.0628. The van der Waals surface area contributed by atoms with Crippen LogP contribution in [0.5, 0.6) is 0 Å². The number of H-pyrrole nitrogens is 1. The number of benzene rings is 4. The molecule has 0 atom stereocenters. The number of rotatable bonds is 6. The highest BCUT2D eigenvalue weighted by atomic mass is 16.1. The maximum atomic E-state index is 12.8. The molecule has 3 nitrogen and oxygen atoms in total. The summed E-state index contributed by atoms with van der Waals surface area (Å²) in [5, 5.41) is 2.26. The summed E-state index contributed by atoms with van der Waals surface area (Å²) < 4.78 is 0. The molecule has 0 unspecified atom stereocenters. The van der Waals surface area contributed by atoms with Crippen LogP contribution in [0.4, 0.5) is 0 Å². The lowest BCUT2D eigenvalue weighted by Crippen LogP contribution is -2.00. The Bertz CT molecular complexity index is 1300. The van der Waals surface area contributed by atoms with Crippen molar-refractivity contribution in [3.63, 3.8) is 0 Å². The molecule has 1 N–H and O–H groups in total. The van der Waals surface area contributed by atoms with Gasteiger partial charge in [0.1, 0.15) is 5.82 Å². The van der Waals surface area contributed by atoms with E-state index in [1.807, 2.05) is 66.7 Å². The van der Waals surface area contributed by atoms with E-state index in [-0.39, 0.29) is 5.78 Å². The van der Waals surface area contributed by atoms with Crippen molar-refractivity contribution >= 4 is 27.6 Å². The molecule has 3 heteroatoms. The Morgan fingerprint density at radius 1 is 0.733 bits per heavy atom. The average molecular weight is 390 g/mol. The van der Waals surface area contributed by atoms with Crippen LogP contribution in [-0.2, 0) is 12.8 Å². The van der Waals surface area contributed by atoms with Crippen molar-refractivity contribution in [3.05, 3.63) is 114 Å². The number of ketones is 1. The summed E-state index contributed by atoms with van der Waals surface area (Å²) in [7, 11) is 0. The Morgan fingerprint density at radius 3 is 2.40 bits per heavy atom. The van der Waals surface area contributed by atoms with E-state index in [1.165, 1.54) is 5.56 Å². The van der Waals surface area contributed by atoms with Crippen LogP contribution < -0.4 is 0 Å². The third-order valence-corrected chi connectivity index (χ3v) is 5.52. The monoisotopic (exact) mass is 390 g/mol. The molecule has 146 valence electrons. The third-order valence-electron chi connectivity index (χ3n) is 5.52. The zero-order chi connectivity index (χ0) is 20.3. The second-order valence-corrected chi connectivity index (χ2v) is 7.65. The van der Waals surface area contributed by atoms with Gasteiger partial charge in [-0.15, -0.1) is 0 Å². The van der Waals surface area contributed by atoms with Crippen molar-refractivity contribution < 1.29 is 4.79 Å². The van der Waals surface area contributed by atoms with E-state index in [9.17, 15) is 4.79 Å². The topological polar surface area (TPSA) is 45.8 Å². The highest BCUT2D eigenvalue weighted by Gasteiger charge is 2.09. The molecule has 0 saturated heterocycles. The predicted molar refractivity (Wildman–Crippen MR) is 122 cm³/mol. The van der Waals surface area contributed by atoms with Gasteiger partial charge in [0.15, 0.2) is 5.78 Å². The maximum Gasteiger partial charge on any atom is 0.193 e. The predicted octanol–water partition coefficient (Wildman–Crippen LogP) is 6.12. The van der Waals surface area contributed by atoms with Crippen LogP contribution in [-0.4, -0.2) is 15.8 Å². The van der Waals surface area contributed by atoms with Crippen LogP contribution >= 0.6 is 0 Å². The molecule has 0 saturated carbocycles. The number of carbonyl (C=O) groups is 1. The number of nitrogens with zero attached hydrogens (tertiary/aromatic N) is 1. The number of carbonyl (C=O) groups excluding carboxylic acids is 1. The summed E-state index contributed by atoms with van der Waals surface area (Å²) in [4.78, 5) is 20.8. The minimum atomic E-state index is 0.0628. The first kappa shape index (κ1) is 18.3. The lowest BCUT2D eigenvalue weighted by atomic mass is 9.98. The number of para-hydroxylation sites is 2. The standard InChI is InChI=1S/C27H22N2O/c30-27(21-8-2-1-3-9-21)22-16-15-20-14-13-19(17-23(20)18-22)7-6-12-26-28-24-10-4-5-11-25(24)29-26/h1-5,8-11,13-18H,6-7,12H2,(H,28,29). The first-order valence-electron chi connectivity index (χ1n) is 10.3. The van der Waals surface area contributed by atoms with Gasteiger partial charge >= 0.3 is 0 Å². The smallest absolute Gasteiger partial charge is 0.193 e. The molecule has 0 spiro atoms. The van der Waals surface area contributed by atoms with E-state index >= 15 is 0 Å². The number of fused-ring (bicyclic) bond motifs is 2. The summed E-state index contributed by atoms with van der Waals surface area (Å²) in [5.74, 6) is 1.10. The molecule has 0 amide bonds. The molecule has 1 aromatic heterocycles. The van der Waals surface area contributed by atoms with Gasteiger partial charge < -0.3 is 4.98 Å². The molecule has 0 aliphatic carbocycles. The summed E-state index contributed by atoms with van der Waals surface area (Å²) in [6.45, 7) is 0. The van der Waals surface area contributed by atoms with Crippen molar-refractivity contribution in [3.8, 4) is 0 Å². The van der Waals surface area contributed by atoms with Crippen LogP contribution in [0.3, 0.4) is 0 Å². The van der Waals surface area contributed by atoms with Crippen LogP contribution in [0.25, 0.3) is 21.8 Å². The molecular weight excluding hydrogens is 368 g/mol. The average Bonchev–Trinajstić information content (AvgIpc) is 3.21. The molecule has 0 radical (unpaired) electrons. The zero-order valence-electron chi connectivity index (χ0n) is 16.6. The van der Waals surface area contributed by atoms with Crippen molar-refractivity contribution in [1.82, 2.24) is 9.97 Å². The van der Waals surface area contributed by atoms with Crippen molar-refractivity contribution in [2.75, 3.05) is 0 Å². The third kappa shape index (κ3) is 3.74. The molecule has 0 fully saturated rings. The van der Waals surface area contributed by atoms with E-state index < -0.39 is 0 Å². The highest BCUT2D eigenvalue weighted by molar-refractivity contribution is 6.10. The fourth-order valence-electron chi connectivity index (χ4n) is 3.93. The molecule has 30 heavy (non-hydrogen) atoms. The summed E-state index contributed by atoms with van der Waals surface area (Å²) in [5.41, 5.74) is 4.84. The van der Waals surface area contributed by atoms with Gasteiger partial charge in [-0.05, 0) is 47.4 Å². The Labute approximate surface area is 175 Å². The van der Waals surface area contributed by atoms with E-state index in [4.69, 9.17) is 0 Å². The Hall–Kier alpha value is -3.72. The molecule has 0 aliphatic rings. The quantitative estimate of drug-likeness (QED) is 0.355. The van der Waals surface area contributed by atoms with Crippen molar-refractivity contribution in [2.45, 2.75) is 19.3 Å². The Balaban J connectivity index is 1.31. The Morgan fingerprint density at radius 2 is 1.53 bits per heavy atom. The fraction of sp³-hybridized carbons (Fsp3) is 0.111. The highest BCUT2D eigenvalue weighted by Crippen LogP contribution is 2.21. The van der Waals surface area contributed by atoms with Gasteiger partial charge in [0.25, 0.3) is 0 Å². The zero-order valence-corrected chi connectivity index (χ0v) is 16.6. The van der Waals surface area contributed by atoms with Gasteiger partial charge in [-0.25, -0.2) is 4.98 Å². The number of hydrogen-bond acceptors (Lipinski definition) is 2. The molecule has 0 aliphatic heterocycles. The molecule has 5 rings (SSSR count). The van der Waals surface area contributed by atoms with E-state index in [2.05, 4.69) is 34.2 Å². The maximum absolute atomic E-state index is 12.8. The van der Waals surface area contributed by atoms with Gasteiger partial charge in [0, 0.05) is 17.5 Å². The molecular formula is C27H22N2O. The van der Waals surface area contributed by atoms with Crippen LogP contribution in [0.2, 0.25) is 0 Å². The first-order valence-corrected chi connectivity index (χ1v) is 10.3. The summed E-state index contributed by atoms with van der Waals surface area (Å²) in [6, 6.07) is 30.1. The second kappa shape index (κ2) is 7.96. The van der Waals surface area contributed by atoms with Gasteiger partial charge in [0.2, 0.25) is 0 Å². The van der Waals surface area contributed by atoms with Gasteiger partial charge in [0.05, 0.1) is 11.0 Å².